The summed E-state index contributed by atoms with van der Waals surface area (Å²) < 4.78 is 56.5. The molecule has 12 heteroatoms. The third kappa shape index (κ3) is 6.86. The van der Waals surface area contributed by atoms with Gasteiger partial charge in [0.25, 0.3) is 11.5 Å². The number of amides is 1. The molecule has 2 aromatic heterocycles. The number of hydrogen-bond acceptors (Lipinski definition) is 5. The Hall–Kier alpha value is -3.54. The minimum absolute atomic E-state index is 0.00922. The molecular weight excluding hydrogens is 540 g/mol. The van der Waals surface area contributed by atoms with Crippen LogP contribution in [-0.4, -0.2) is 38.0 Å². The largest absolute Gasteiger partial charge is 0.390 e. The highest BCUT2D eigenvalue weighted by atomic mass is 19.4. The Balaban J connectivity index is 1.67. The fourth-order valence-corrected chi connectivity index (χ4v) is 5.77. The van der Waals surface area contributed by atoms with E-state index in [9.17, 15) is 22.8 Å². The second-order valence-corrected chi connectivity index (χ2v) is 12.2. The van der Waals surface area contributed by atoms with E-state index in [1.54, 1.807) is 12.4 Å². The molecule has 2 heterocycles. The van der Waals surface area contributed by atoms with Gasteiger partial charge < -0.3 is 19.8 Å². The van der Waals surface area contributed by atoms with Gasteiger partial charge in [0.05, 0.1) is 17.5 Å². The van der Waals surface area contributed by atoms with Gasteiger partial charge >= 0.3 is 6.18 Å². The Morgan fingerprint density at radius 1 is 1.17 bits per heavy atom. The van der Waals surface area contributed by atoms with Crippen molar-refractivity contribution < 1.29 is 22.4 Å². The monoisotopic (exact) mass is 576 g/mol. The molecule has 1 fully saturated rings. The molecule has 8 nitrogen and oxygen atoms in total. The van der Waals surface area contributed by atoms with Gasteiger partial charge in [0.2, 0.25) is 0 Å². The smallest absolute Gasteiger partial charge is 0.320 e. The first-order chi connectivity index (χ1) is 19.1. The predicted octanol–water partition coefficient (Wildman–Crippen LogP) is 5.17. The number of nitrogens with zero attached hydrogens (tertiary/aromatic N) is 4. The molecule has 222 valence electrons. The zero-order valence-electron chi connectivity index (χ0n) is 23.9. The minimum atomic E-state index is -4.48. The second kappa shape index (κ2) is 11.4. The van der Waals surface area contributed by atoms with E-state index in [4.69, 9.17) is 0 Å². The van der Waals surface area contributed by atoms with Gasteiger partial charge in [0.1, 0.15) is 23.5 Å². The van der Waals surface area contributed by atoms with Gasteiger partial charge in [0, 0.05) is 26.3 Å². The number of alkyl halides is 3. The van der Waals surface area contributed by atoms with Crippen molar-refractivity contribution in [3.8, 4) is 0 Å². The number of hydrogen-bond donors (Lipinski definition) is 2. The van der Waals surface area contributed by atoms with Crippen LogP contribution < -0.4 is 16.2 Å². The van der Waals surface area contributed by atoms with Gasteiger partial charge in [-0.25, -0.2) is 4.39 Å². The zero-order valence-corrected chi connectivity index (χ0v) is 23.9. The van der Waals surface area contributed by atoms with Crippen LogP contribution in [0, 0.1) is 17.2 Å². The Morgan fingerprint density at radius 3 is 2.46 bits per heavy atom. The van der Waals surface area contributed by atoms with Crippen molar-refractivity contribution in [3.63, 3.8) is 0 Å². The Labute approximate surface area is 236 Å². The molecule has 0 aliphatic heterocycles. The maximum absolute atomic E-state index is 15.0. The highest BCUT2D eigenvalue weighted by Crippen LogP contribution is 2.58. The molecule has 0 atom stereocenters. The highest BCUT2D eigenvalue weighted by Gasteiger charge is 2.54. The average Bonchev–Trinajstić information content (AvgIpc) is 3.28. The number of anilines is 1. The molecule has 0 radical (unpaired) electrons. The van der Waals surface area contributed by atoms with E-state index < -0.39 is 41.8 Å². The van der Waals surface area contributed by atoms with Crippen molar-refractivity contribution in [1.29, 1.82) is 0 Å². The van der Waals surface area contributed by atoms with Crippen LogP contribution in [0.4, 0.5) is 23.2 Å². The summed E-state index contributed by atoms with van der Waals surface area (Å²) in [7, 11) is 1.83. The van der Waals surface area contributed by atoms with Crippen molar-refractivity contribution >= 4 is 11.6 Å². The molecule has 3 aromatic rings. The molecule has 4 rings (SSSR count). The number of halogens is 4. The lowest BCUT2D eigenvalue weighted by atomic mass is 9.51. The Morgan fingerprint density at radius 2 is 1.88 bits per heavy atom. The number of rotatable bonds is 10. The van der Waals surface area contributed by atoms with Gasteiger partial charge in [-0.3, -0.25) is 9.59 Å². The molecule has 0 unspecified atom stereocenters. The van der Waals surface area contributed by atoms with Gasteiger partial charge in [-0.2, -0.15) is 13.2 Å². The second-order valence-electron chi connectivity index (χ2n) is 12.2. The molecule has 0 bridgehead atoms. The topological polar surface area (TPSA) is 93.8 Å². The molecule has 2 N–H and O–H groups in total. The molecule has 41 heavy (non-hydrogen) atoms. The Kier molecular flexibility index (Phi) is 8.45. The lowest BCUT2D eigenvalue weighted by Crippen LogP contribution is -2.49. The first-order valence-electron chi connectivity index (χ1n) is 13.6. The third-order valence-electron chi connectivity index (χ3n) is 7.37. The van der Waals surface area contributed by atoms with Gasteiger partial charge in [-0.15, -0.1) is 10.2 Å². The van der Waals surface area contributed by atoms with E-state index in [1.807, 2.05) is 25.5 Å². The van der Waals surface area contributed by atoms with Crippen molar-refractivity contribution in [3.05, 3.63) is 75.5 Å². The number of carbonyl (C=O) groups excluding carboxylic acids is 1. The number of carbonyl (C=O) groups is 1. The average molecular weight is 577 g/mol. The van der Waals surface area contributed by atoms with E-state index in [0.29, 0.717) is 18.0 Å². The highest BCUT2D eigenvalue weighted by molar-refractivity contribution is 6.04. The van der Waals surface area contributed by atoms with E-state index in [0.717, 1.165) is 28.8 Å². The molecule has 1 saturated carbocycles. The maximum atomic E-state index is 15.0. The molecule has 0 spiro atoms. The van der Waals surface area contributed by atoms with Gasteiger partial charge in [-0.05, 0) is 60.0 Å². The van der Waals surface area contributed by atoms with E-state index in [-0.39, 0.29) is 23.2 Å². The van der Waals surface area contributed by atoms with E-state index in [1.165, 1.54) is 24.4 Å². The van der Waals surface area contributed by atoms with Crippen LogP contribution in [0.3, 0.4) is 0 Å². The molecule has 1 aliphatic carbocycles. The molecule has 0 saturated heterocycles. The minimum Gasteiger partial charge on any atom is -0.320 e. The predicted molar refractivity (Wildman–Crippen MR) is 147 cm³/mol. The quantitative estimate of drug-likeness (QED) is 0.325. The maximum Gasteiger partial charge on any atom is 0.390 e. The van der Waals surface area contributed by atoms with E-state index in [2.05, 4.69) is 34.7 Å². The SMILES string of the molecule is CC(C)CNCc1cc(C(=O)Nc2cc(C3(c4nncn4C)CC(C)(C)C3)ccc2F)c(=O)n(CCC(F)(F)F)c1. The van der Waals surface area contributed by atoms with Crippen LogP contribution in [0.15, 0.2) is 41.6 Å². The lowest BCUT2D eigenvalue weighted by molar-refractivity contribution is -0.136. The number of nitrogens with one attached hydrogen (secondary N) is 2. The number of aromatic nitrogens is 4. The molecule has 1 amide bonds. The molecule has 1 aromatic carbocycles. The summed E-state index contributed by atoms with van der Waals surface area (Å²) in [6, 6.07) is 5.78. The van der Waals surface area contributed by atoms with Crippen LogP contribution in [0.25, 0.3) is 0 Å². The van der Waals surface area contributed by atoms with Crippen molar-refractivity contribution in [1.82, 2.24) is 24.6 Å². The fourth-order valence-electron chi connectivity index (χ4n) is 5.77. The normalized spacial score (nSPS) is 16.0. The summed E-state index contributed by atoms with van der Waals surface area (Å²) >= 11 is 0. The van der Waals surface area contributed by atoms with Gasteiger partial charge in [0.15, 0.2) is 0 Å². The Bertz CT molecular complexity index is 1470. The zero-order chi connectivity index (χ0) is 30.2. The standard InChI is InChI=1S/C29H36F4N6O2/c1-18(2)12-34-13-19-10-21(25(41)39(14-19)9-8-29(31,32)33)24(40)36-23-11-20(6-7-22(23)30)28(15-27(3,4)16-28)26-37-35-17-38(26)5/h6-7,10-11,14,17-18,34H,8-9,12-13,15-16H2,1-5H3,(H,36,40). The number of benzene rings is 1. The summed E-state index contributed by atoms with van der Waals surface area (Å²) in [6.45, 7) is 8.48. The first kappa shape index (κ1) is 30.4. The molecule has 1 aliphatic rings. The summed E-state index contributed by atoms with van der Waals surface area (Å²) in [6.07, 6.45) is -1.34. The van der Waals surface area contributed by atoms with E-state index >= 15 is 4.39 Å². The summed E-state index contributed by atoms with van der Waals surface area (Å²) in [4.78, 5) is 26.4. The summed E-state index contributed by atoms with van der Waals surface area (Å²) in [5.74, 6) is -0.579. The van der Waals surface area contributed by atoms with Crippen LogP contribution in [-0.2, 0) is 25.6 Å². The fraction of sp³-hybridized carbons (Fsp3) is 0.517. The van der Waals surface area contributed by atoms with Crippen molar-refractivity contribution in [2.45, 2.75) is 71.6 Å². The lowest BCUT2D eigenvalue weighted by Gasteiger charge is -2.52. The third-order valence-corrected chi connectivity index (χ3v) is 7.37. The van der Waals surface area contributed by atoms with Crippen LogP contribution in [0.1, 0.15) is 74.3 Å². The summed E-state index contributed by atoms with van der Waals surface area (Å²) in [5, 5.41) is 14.0. The first-order valence-corrected chi connectivity index (χ1v) is 13.6. The summed E-state index contributed by atoms with van der Waals surface area (Å²) in [5.41, 5.74) is -0.725. The van der Waals surface area contributed by atoms with Crippen LogP contribution in [0.2, 0.25) is 0 Å². The van der Waals surface area contributed by atoms with Crippen LogP contribution in [0.5, 0.6) is 0 Å². The van der Waals surface area contributed by atoms with Gasteiger partial charge in [-0.1, -0.05) is 33.8 Å². The van der Waals surface area contributed by atoms with Crippen molar-refractivity contribution in [2.75, 3.05) is 11.9 Å². The van der Waals surface area contributed by atoms with Crippen LogP contribution >= 0.6 is 0 Å². The molecular formula is C29H36F4N6O2. The van der Waals surface area contributed by atoms with Crippen molar-refractivity contribution in [2.24, 2.45) is 18.4 Å². The number of pyridine rings is 1. The number of aryl methyl sites for hydroxylation is 2.